The topological polar surface area (TPSA) is 114 Å². The summed E-state index contributed by atoms with van der Waals surface area (Å²) in [6, 6.07) is 4.21. The van der Waals surface area contributed by atoms with Crippen molar-refractivity contribution in [2.24, 2.45) is 5.16 Å². The summed E-state index contributed by atoms with van der Waals surface area (Å²) >= 11 is 6.14. The molecule has 2 aromatic rings. The number of amides is 1. The van der Waals surface area contributed by atoms with Gasteiger partial charge in [-0.3, -0.25) is 4.79 Å². The summed E-state index contributed by atoms with van der Waals surface area (Å²) in [5, 5.41) is 16.4. The lowest BCUT2D eigenvalue weighted by atomic mass is 9.88. The van der Waals surface area contributed by atoms with Gasteiger partial charge in [-0.2, -0.15) is 0 Å². The molecule has 2 aliphatic rings. The van der Waals surface area contributed by atoms with Crippen molar-refractivity contribution in [2.45, 2.75) is 31.8 Å². The zero-order chi connectivity index (χ0) is 21.5. The van der Waals surface area contributed by atoms with Crippen LogP contribution in [0.4, 0.5) is 9.18 Å². The molecule has 11 heteroatoms. The molecule has 1 amide bonds. The number of rotatable bonds is 2. The molecule has 0 bridgehead atoms. The van der Waals surface area contributed by atoms with Crippen LogP contribution in [0.25, 0.3) is 11.3 Å². The number of nitrogens with zero attached hydrogens (tertiary/aromatic N) is 3. The number of oxime groups is 1. The molecule has 1 spiro atoms. The fourth-order valence-electron chi connectivity index (χ4n) is 3.71. The molecule has 1 N–H and O–H groups in total. The Balaban J connectivity index is 1.51. The van der Waals surface area contributed by atoms with Gasteiger partial charge in [0.2, 0.25) is 5.90 Å². The standard InChI is InChI=1S/C19H17ClFN3O6/c1-10-14(16(23-29-10)15-11(20)3-2-4-12(15)21)17(25)24-7-5-19(6-8-24)9-13(22-30-19)28-18(26)27/h2-4H,5-9H2,1H3,(H,26,27). The number of aromatic nitrogens is 1. The van der Waals surface area contributed by atoms with Crippen LogP contribution >= 0.6 is 11.6 Å². The highest BCUT2D eigenvalue weighted by Gasteiger charge is 2.45. The van der Waals surface area contributed by atoms with E-state index in [1.54, 1.807) is 11.8 Å². The van der Waals surface area contributed by atoms with Gasteiger partial charge < -0.3 is 24.1 Å². The van der Waals surface area contributed by atoms with Crippen LogP contribution in [0, 0.1) is 12.7 Å². The first-order chi connectivity index (χ1) is 14.3. The highest BCUT2D eigenvalue weighted by Crippen LogP contribution is 2.37. The van der Waals surface area contributed by atoms with Crippen molar-refractivity contribution in [1.29, 1.82) is 0 Å². The fourth-order valence-corrected chi connectivity index (χ4v) is 3.96. The van der Waals surface area contributed by atoms with Crippen molar-refractivity contribution in [3.8, 4) is 11.3 Å². The lowest BCUT2D eigenvalue weighted by molar-refractivity contribution is -0.0568. The monoisotopic (exact) mass is 437 g/mol. The summed E-state index contributed by atoms with van der Waals surface area (Å²) in [5.41, 5.74) is -0.492. The van der Waals surface area contributed by atoms with Crippen LogP contribution in [0.5, 0.6) is 0 Å². The Kier molecular flexibility index (Phi) is 5.10. The smallest absolute Gasteiger partial charge is 0.449 e. The van der Waals surface area contributed by atoms with Gasteiger partial charge in [0.1, 0.15) is 28.4 Å². The minimum absolute atomic E-state index is 0.00589. The van der Waals surface area contributed by atoms with Crippen molar-refractivity contribution in [3.05, 3.63) is 40.4 Å². The summed E-state index contributed by atoms with van der Waals surface area (Å²) in [5.74, 6) is -0.718. The van der Waals surface area contributed by atoms with Gasteiger partial charge in [0.25, 0.3) is 5.91 Å². The Morgan fingerprint density at radius 1 is 1.33 bits per heavy atom. The first-order valence-corrected chi connectivity index (χ1v) is 9.53. The molecule has 9 nitrogen and oxygen atoms in total. The van der Waals surface area contributed by atoms with Crippen molar-refractivity contribution >= 4 is 29.6 Å². The van der Waals surface area contributed by atoms with Crippen molar-refractivity contribution in [3.63, 3.8) is 0 Å². The lowest BCUT2D eigenvalue weighted by Crippen LogP contribution is -2.47. The van der Waals surface area contributed by atoms with Crippen LogP contribution in [0.15, 0.2) is 27.9 Å². The number of halogens is 2. The van der Waals surface area contributed by atoms with E-state index in [9.17, 15) is 14.0 Å². The third-order valence-electron chi connectivity index (χ3n) is 5.26. The molecule has 0 saturated carbocycles. The average molecular weight is 438 g/mol. The molecule has 2 aliphatic heterocycles. The maximum atomic E-state index is 14.4. The van der Waals surface area contributed by atoms with Crippen LogP contribution in [-0.4, -0.2) is 51.8 Å². The Bertz CT molecular complexity index is 1020. The van der Waals surface area contributed by atoms with Crippen LogP contribution in [0.2, 0.25) is 5.02 Å². The molecule has 1 fully saturated rings. The number of aryl methyl sites for hydroxylation is 1. The van der Waals surface area contributed by atoms with Crippen LogP contribution in [0.3, 0.4) is 0 Å². The molecule has 0 radical (unpaired) electrons. The Labute approximate surface area is 175 Å². The molecule has 1 saturated heterocycles. The number of hydrogen-bond acceptors (Lipinski definition) is 7. The quantitative estimate of drug-likeness (QED) is 0.709. The normalized spacial score (nSPS) is 17.6. The summed E-state index contributed by atoms with van der Waals surface area (Å²) in [7, 11) is 0. The zero-order valence-corrected chi connectivity index (χ0v) is 16.6. The van der Waals surface area contributed by atoms with Gasteiger partial charge >= 0.3 is 6.16 Å². The van der Waals surface area contributed by atoms with Crippen molar-refractivity contribution in [2.75, 3.05) is 13.1 Å². The first kappa shape index (κ1) is 20.1. The van der Waals surface area contributed by atoms with E-state index in [-0.39, 0.29) is 45.8 Å². The number of carboxylic acid groups (broad SMARTS) is 1. The maximum absolute atomic E-state index is 14.4. The van der Waals surface area contributed by atoms with Gasteiger partial charge in [0.15, 0.2) is 0 Å². The Hall–Kier alpha value is -3.14. The van der Waals surface area contributed by atoms with E-state index in [1.807, 2.05) is 0 Å². The summed E-state index contributed by atoms with van der Waals surface area (Å²) in [6.07, 6.45) is -0.391. The predicted molar refractivity (Wildman–Crippen MR) is 102 cm³/mol. The van der Waals surface area contributed by atoms with Gasteiger partial charge in [0, 0.05) is 25.9 Å². The molecule has 0 atom stereocenters. The summed E-state index contributed by atoms with van der Waals surface area (Å²) in [4.78, 5) is 30.9. The number of piperidine rings is 1. The van der Waals surface area contributed by atoms with E-state index in [0.717, 1.165) is 0 Å². The zero-order valence-electron chi connectivity index (χ0n) is 15.9. The molecule has 0 aliphatic carbocycles. The summed E-state index contributed by atoms with van der Waals surface area (Å²) in [6.45, 7) is 2.22. The summed E-state index contributed by atoms with van der Waals surface area (Å²) < 4.78 is 24.1. The average Bonchev–Trinajstić information content (AvgIpc) is 3.25. The molecule has 0 unspecified atom stereocenters. The Morgan fingerprint density at radius 3 is 2.73 bits per heavy atom. The van der Waals surface area contributed by atoms with E-state index in [2.05, 4.69) is 15.0 Å². The van der Waals surface area contributed by atoms with E-state index in [0.29, 0.717) is 25.9 Å². The van der Waals surface area contributed by atoms with Crippen LogP contribution in [0.1, 0.15) is 35.4 Å². The molecule has 3 heterocycles. The fraction of sp³-hybridized carbons (Fsp3) is 0.368. The van der Waals surface area contributed by atoms with E-state index < -0.39 is 17.6 Å². The number of benzene rings is 1. The van der Waals surface area contributed by atoms with Gasteiger partial charge in [-0.05, 0) is 19.1 Å². The van der Waals surface area contributed by atoms with Gasteiger partial charge in [-0.15, -0.1) is 0 Å². The molecule has 30 heavy (non-hydrogen) atoms. The first-order valence-electron chi connectivity index (χ1n) is 9.15. The molecule has 1 aromatic heterocycles. The van der Waals surface area contributed by atoms with Crippen LogP contribution < -0.4 is 0 Å². The molecule has 158 valence electrons. The molecule has 1 aromatic carbocycles. The SMILES string of the molecule is Cc1onc(-c2c(F)cccc2Cl)c1C(=O)N1CCC2(CC1)CC(OC(=O)O)=NO2. The number of ether oxygens (including phenoxy) is 1. The van der Waals surface area contributed by atoms with Gasteiger partial charge in [-0.1, -0.05) is 28.0 Å². The second kappa shape index (κ2) is 7.60. The van der Waals surface area contributed by atoms with Crippen LogP contribution in [-0.2, 0) is 9.57 Å². The maximum Gasteiger partial charge on any atom is 0.512 e. The van der Waals surface area contributed by atoms with E-state index in [4.69, 9.17) is 26.1 Å². The Morgan fingerprint density at radius 2 is 2.07 bits per heavy atom. The minimum Gasteiger partial charge on any atom is -0.449 e. The third-order valence-corrected chi connectivity index (χ3v) is 5.57. The lowest BCUT2D eigenvalue weighted by Gasteiger charge is -2.36. The number of carbonyl (C=O) groups excluding carboxylic acids is 1. The van der Waals surface area contributed by atoms with E-state index in [1.165, 1.54) is 18.2 Å². The second-order valence-electron chi connectivity index (χ2n) is 7.16. The van der Waals surface area contributed by atoms with E-state index >= 15 is 0 Å². The predicted octanol–water partition coefficient (Wildman–Crippen LogP) is 3.85. The molecule has 4 rings (SSSR count). The number of carbonyl (C=O) groups is 2. The highest BCUT2D eigenvalue weighted by atomic mass is 35.5. The second-order valence-corrected chi connectivity index (χ2v) is 7.56. The molecular formula is C19H17ClFN3O6. The van der Waals surface area contributed by atoms with Gasteiger partial charge in [0.05, 0.1) is 17.0 Å². The third kappa shape index (κ3) is 3.58. The highest BCUT2D eigenvalue weighted by molar-refractivity contribution is 6.33. The number of hydrogen-bond donors (Lipinski definition) is 1. The minimum atomic E-state index is -1.45. The van der Waals surface area contributed by atoms with Gasteiger partial charge in [-0.25, -0.2) is 9.18 Å². The largest absolute Gasteiger partial charge is 0.512 e. The molecular weight excluding hydrogens is 421 g/mol. The number of likely N-dealkylation sites (tertiary alicyclic amines) is 1. The van der Waals surface area contributed by atoms with Crippen molar-refractivity contribution < 1.29 is 33.2 Å². The van der Waals surface area contributed by atoms with Crippen molar-refractivity contribution in [1.82, 2.24) is 10.1 Å².